The minimum absolute atomic E-state index is 0.0617. The molecular formula is C51H104O4S2. The highest BCUT2D eigenvalue weighted by molar-refractivity contribution is 7.99. The molecule has 0 aromatic carbocycles. The third-order valence-electron chi connectivity index (χ3n) is 11.4. The van der Waals surface area contributed by atoms with Gasteiger partial charge in [0.25, 0.3) is 0 Å². The van der Waals surface area contributed by atoms with Gasteiger partial charge in [0, 0.05) is 18.8 Å². The molecule has 0 bridgehead atoms. The summed E-state index contributed by atoms with van der Waals surface area (Å²) in [5.41, 5.74) is 0. The maximum atomic E-state index is 11.9. The largest absolute Gasteiger partial charge is 0.459 e. The van der Waals surface area contributed by atoms with Crippen LogP contribution in [0, 0.1) is 5.92 Å². The molecule has 0 aliphatic carbocycles. The van der Waals surface area contributed by atoms with Crippen molar-refractivity contribution < 1.29 is 19.7 Å². The number of unbranched alkanes of at least 4 members (excludes halogenated alkanes) is 32. The molecule has 2 atom stereocenters. The fraction of sp³-hybridized carbons (Fsp3) is 0.980. The van der Waals surface area contributed by atoms with E-state index in [4.69, 9.17) is 4.74 Å². The van der Waals surface area contributed by atoms with E-state index in [0.29, 0.717) is 18.9 Å². The zero-order valence-corrected chi connectivity index (χ0v) is 40.9. The maximum Gasteiger partial charge on any atom is 0.306 e. The number of aliphatic hydroxyl groups is 2. The van der Waals surface area contributed by atoms with E-state index < -0.39 is 0 Å². The van der Waals surface area contributed by atoms with Gasteiger partial charge >= 0.3 is 5.97 Å². The fourth-order valence-corrected chi connectivity index (χ4v) is 9.61. The molecule has 0 aromatic rings. The number of hydrogen-bond donors (Lipinski definition) is 2. The molecular weight excluding hydrogens is 741 g/mol. The summed E-state index contributed by atoms with van der Waals surface area (Å²) in [4.78, 5) is 11.9. The Morgan fingerprint density at radius 3 is 1.07 bits per heavy atom. The molecule has 0 spiro atoms. The topological polar surface area (TPSA) is 66.8 Å². The molecule has 0 radical (unpaired) electrons. The van der Waals surface area contributed by atoms with Crippen LogP contribution in [0.5, 0.6) is 0 Å². The Bertz CT molecular complexity index is 723. The normalized spacial score (nSPS) is 12.4. The van der Waals surface area contributed by atoms with Gasteiger partial charge < -0.3 is 14.9 Å². The van der Waals surface area contributed by atoms with Crippen molar-refractivity contribution in [3.63, 3.8) is 0 Å². The van der Waals surface area contributed by atoms with E-state index in [1.54, 1.807) is 0 Å². The Morgan fingerprint density at radius 1 is 0.404 bits per heavy atom. The van der Waals surface area contributed by atoms with Gasteiger partial charge in [0.2, 0.25) is 0 Å². The average molecular weight is 846 g/mol. The van der Waals surface area contributed by atoms with E-state index in [1.807, 2.05) is 11.8 Å². The zero-order chi connectivity index (χ0) is 42.0. The Balaban J connectivity index is 0. The molecule has 0 heterocycles. The number of rotatable bonds is 47. The highest BCUT2D eigenvalue weighted by Crippen LogP contribution is 2.20. The second-order valence-corrected chi connectivity index (χ2v) is 19.6. The van der Waals surface area contributed by atoms with Crippen LogP contribution in [-0.4, -0.2) is 58.5 Å². The van der Waals surface area contributed by atoms with Gasteiger partial charge in [0.15, 0.2) is 0 Å². The highest BCUT2D eigenvalue weighted by atomic mass is 32.2. The molecule has 6 heteroatoms. The number of carbonyl (C=O) groups excluding carboxylic acids is 1. The van der Waals surface area contributed by atoms with Crippen molar-refractivity contribution in [1.82, 2.24) is 0 Å². The van der Waals surface area contributed by atoms with Crippen LogP contribution in [0.15, 0.2) is 0 Å². The Labute approximate surface area is 367 Å². The monoisotopic (exact) mass is 845 g/mol. The zero-order valence-electron chi connectivity index (χ0n) is 39.3. The minimum atomic E-state index is -0.333. The Hall–Kier alpha value is 0.0900. The van der Waals surface area contributed by atoms with Gasteiger partial charge in [-0.05, 0) is 48.9 Å². The molecule has 57 heavy (non-hydrogen) atoms. The third-order valence-corrected chi connectivity index (χ3v) is 13.9. The van der Waals surface area contributed by atoms with Crippen molar-refractivity contribution in [2.45, 2.75) is 278 Å². The number of ether oxygens (including phenoxy) is 1. The lowest BCUT2D eigenvalue weighted by atomic mass is 10.0. The lowest BCUT2D eigenvalue weighted by molar-refractivity contribution is -0.149. The van der Waals surface area contributed by atoms with Crippen LogP contribution in [-0.2, 0) is 9.53 Å². The van der Waals surface area contributed by atoms with Gasteiger partial charge in [-0.1, -0.05) is 240 Å². The first-order valence-corrected chi connectivity index (χ1v) is 28.0. The fourth-order valence-electron chi connectivity index (χ4n) is 7.41. The van der Waals surface area contributed by atoms with Gasteiger partial charge in [-0.25, -0.2) is 0 Å². The maximum absolute atomic E-state index is 11.9. The molecule has 0 aromatic heterocycles. The van der Waals surface area contributed by atoms with Gasteiger partial charge in [-0.3, -0.25) is 4.79 Å². The molecule has 0 amide bonds. The molecule has 2 N–H and O–H groups in total. The molecule has 344 valence electrons. The van der Waals surface area contributed by atoms with Crippen LogP contribution in [0.1, 0.15) is 272 Å². The van der Waals surface area contributed by atoms with E-state index in [1.165, 1.54) is 236 Å². The second-order valence-electron chi connectivity index (χ2n) is 17.3. The summed E-state index contributed by atoms with van der Waals surface area (Å²) in [5, 5.41) is 19.1. The first kappa shape index (κ1) is 59.2. The predicted molar refractivity (Wildman–Crippen MR) is 260 cm³/mol. The molecule has 0 saturated heterocycles. The van der Waals surface area contributed by atoms with Crippen LogP contribution >= 0.6 is 23.5 Å². The van der Waals surface area contributed by atoms with Gasteiger partial charge in [-0.2, -0.15) is 23.5 Å². The summed E-state index contributed by atoms with van der Waals surface area (Å²) in [6.45, 7) is 9.40. The van der Waals surface area contributed by atoms with Gasteiger partial charge in [-0.15, -0.1) is 0 Å². The average Bonchev–Trinajstić information content (AvgIpc) is 3.22. The molecule has 4 nitrogen and oxygen atoms in total. The SMILES string of the molecule is CCCCCCCCCCCCSCC(CO)CCCCCCCCCCC.CCCCCCCCCCCCSCC(CO)OC(=O)CCCCCCCCC. The standard InChI is InChI=1S/C26H54OS.C25H50O3S/c1-3-5-7-9-11-13-15-17-19-21-23-28-25-26(24-27)22-20-18-16-14-12-10-8-6-4-2;1-3-5-7-9-11-12-13-15-17-19-21-29-23-24(22-26)28-25(27)20-18-16-14-10-8-6-4-2/h26-27H,3-25H2,1-2H3;24,26H,3-23H2,1-2H3. The summed E-state index contributed by atoms with van der Waals surface area (Å²) in [5.74, 6) is 4.68. The van der Waals surface area contributed by atoms with E-state index in [-0.39, 0.29) is 18.7 Å². The quantitative estimate of drug-likeness (QED) is 0.0470. The first-order valence-electron chi connectivity index (χ1n) is 25.7. The van der Waals surface area contributed by atoms with Crippen molar-refractivity contribution >= 4 is 29.5 Å². The summed E-state index contributed by atoms with van der Waals surface area (Å²) in [7, 11) is 0. The van der Waals surface area contributed by atoms with Crippen molar-refractivity contribution in [1.29, 1.82) is 0 Å². The van der Waals surface area contributed by atoms with Crippen molar-refractivity contribution in [2.24, 2.45) is 5.92 Å². The number of thioether (sulfide) groups is 2. The van der Waals surface area contributed by atoms with Crippen LogP contribution in [0.25, 0.3) is 0 Å². The van der Waals surface area contributed by atoms with Crippen molar-refractivity contribution in [2.75, 3.05) is 36.2 Å². The summed E-state index contributed by atoms with van der Waals surface area (Å²) < 4.78 is 5.43. The molecule has 0 rings (SSSR count). The molecule has 0 fully saturated rings. The summed E-state index contributed by atoms with van der Waals surface area (Å²) in [6.07, 6.45) is 50.1. The third kappa shape index (κ3) is 52.2. The van der Waals surface area contributed by atoms with E-state index >= 15 is 0 Å². The number of aliphatic hydroxyl groups excluding tert-OH is 2. The smallest absolute Gasteiger partial charge is 0.306 e. The first-order chi connectivity index (χ1) is 28.1. The summed E-state index contributed by atoms with van der Waals surface area (Å²) >= 11 is 3.89. The van der Waals surface area contributed by atoms with E-state index in [2.05, 4.69) is 39.5 Å². The molecule has 2 unspecified atom stereocenters. The van der Waals surface area contributed by atoms with Crippen LogP contribution in [0.3, 0.4) is 0 Å². The molecule has 0 saturated carbocycles. The lowest BCUT2D eigenvalue weighted by Crippen LogP contribution is -2.24. The predicted octanol–water partition coefficient (Wildman–Crippen LogP) is 16.9. The number of esters is 1. The number of hydrogen-bond acceptors (Lipinski definition) is 6. The van der Waals surface area contributed by atoms with E-state index in [0.717, 1.165) is 24.3 Å². The number of carbonyl (C=O) groups is 1. The van der Waals surface area contributed by atoms with E-state index in [9.17, 15) is 15.0 Å². The Kier molecular flexibility index (Phi) is 56.2. The van der Waals surface area contributed by atoms with Crippen LogP contribution in [0.2, 0.25) is 0 Å². The van der Waals surface area contributed by atoms with Crippen molar-refractivity contribution in [3.05, 3.63) is 0 Å². The molecule has 0 aliphatic rings. The lowest BCUT2D eigenvalue weighted by Gasteiger charge is -2.15. The summed E-state index contributed by atoms with van der Waals surface area (Å²) in [6, 6.07) is 0. The van der Waals surface area contributed by atoms with Crippen molar-refractivity contribution in [3.8, 4) is 0 Å². The van der Waals surface area contributed by atoms with Crippen LogP contribution < -0.4 is 0 Å². The Morgan fingerprint density at radius 2 is 0.719 bits per heavy atom. The van der Waals surface area contributed by atoms with Crippen LogP contribution in [0.4, 0.5) is 0 Å². The second kappa shape index (κ2) is 54.1. The van der Waals surface area contributed by atoms with Gasteiger partial charge in [0.1, 0.15) is 6.10 Å². The van der Waals surface area contributed by atoms with Gasteiger partial charge in [0.05, 0.1) is 6.61 Å². The minimum Gasteiger partial charge on any atom is -0.459 e. The molecule has 0 aliphatic heterocycles. The highest BCUT2D eigenvalue weighted by Gasteiger charge is 2.13.